The van der Waals surface area contributed by atoms with Gasteiger partial charge in [-0.05, 0) is 17.5 Å². The fourth-order valence-corrected chi connectivity index (χ4v) is 1.36. The van der Waals surface area contributed by atoms with Gasteiger partial charge in [0.2, 0.25) is 0 Å². The summed E-state index contributed by atoms with van der Waals surface area (Å²) in [6.45, 7) is 0.480. The Hall–Kier alpha value is -1.24. The molecule has 0 aromatic heterocycles. The first-order valence-corrected chi connectivity index (χ1v) is 5.75. The third-order valence-electron chi connectivity index (χ3n) is 1.67. The van der Waals surface area contributed by atoms with Crippen LogP contribution in [0.4, 0.5) is 0 Å². The number of nitrogens with one attached hydrogen (secondary N) is 1. The van der Waals surface area contributed by atoms with Crippen molar-refractivity contribution in [1.82, 2.24) is 5.43 Å². The van der Waals surface area contributed by atoms with Crippen molar-refractivity contribution in [3.8, 4) is 0 Å². The van der Waals surface area contributed by atoms with Crippen molar-refractivity contribution in [2.45, 2.75) is 6.61 Å². The molecule has 4 N–H and O–H groups in total. The normalized spacial score (nSPS) is 11.2. The van der Waals surface area contributed by atoms with Gasteiger partial charge < -0.3 is 9.84 Å². The first-order chi connectivity index (χ1) is 7.86. The minimum absolute atomic E-state index is 0.0741. The largest absolute Gasteiger partial charge is 0.459 e. The third kappa shape index (κ3) is 5.01. The van der Waals surface area contributed by atoms with Crippen molar-refractivity contribution in [1.29, 1.82) is 0 Å². The van der Waals surface area contributed by atoms with Gasteiger partial charge in [-0.15, -0.1) is 0 Å². The van der Waals surface area contributed by atoms with E-state index in [0.717, 1.165) is 5.56 Å². The van der Waals surface area contributed by atoms with Gasteiger partial charge in [-0.1, -0.05) is 30.3 Å². The van der Waals surface area contributed by atoms with Gasteiger partial charge in [0.25, 0.3) is 0 Å². The molecule has 0 aliphatic heterocycles. The molecular weight excluding hydrogens is 226 g/mol. The molecule has 1 rings (SSSR count). The lowest BCUT2D eigenvalue weighted by Gasteiger charge is -2.07. The molecule has 1 aromatic rings. The molecule has 0 heterocycles. The summed E-state index contributed by atoms with van der Waals surface area (Å²) in [4.78, 5) is 0. The predicted molar refractivity (Wildman–Crippen MR) is 65.5 cm³/mol. The zero-order valence-corrected chi connectivity index (χ0v) is 9.61. The molecule has 0 amide bonds. The quantitative estimate of drug-likeness (QED) is 0.176. The number of hydrogen-bond donors (Lipinski definition) is 3. The van der Waals surface area contributed by atoms with Gasteiger partial charge in [0, 0.05) is 5.75 Å². The molecule has 88 valence electrons. The summed E-state index contributed by atoms with van der Waals surface area (Å²) in [5, 5.41) is 8.58. The van der Waals surface area contributed by atoms with Crippen LogP contribution in [0.15, 0.2) is 34.7 Å². The number of aliphatic hydroxyl groups is 1. The number of aliphatic hydroxyl groups excluding tert-OH is 1. The van der Waals surface area contributed by atoms with Crippen molar-refractivity contribution in [2.24, 2.45) is 10.2 Å². The molecule has 0 aliphatic rings. The van der Waals surface area contributed by atoms with Crippen LogP contribution in [0.3, 0.4) is 0 Å². The van der Waals surface area contributed by atoms with Crippen LogP contribution < -0.4 is 11.3 Å². The molecule has 0 atom stereocenters. The number of hydrazine groups is 1. The number of nitrogens with two attached hydrogens (primary N) is 1. The van der Waals surface area contributed by atoms with Crippen LogP contribution in [0.5, 0.6) is 0 Å². The smallest absolute Gasteiger partial charge is 0.311 e. The molecule has 1 aromatic carbocycles. The van der Waals surface area contributed by atoms with Gasteiger partial charge >= 0.3 is 6.02 Å². The van der Waals surface area contributed by atoms with E-state index in [1.165, 1.54) is 11.9 Å². The predicted octanol–water partition coefficient (Wildman–Crippen LogP) is 0.663. The number of ether oxygens (including phenoxy) is 1. The van der Waals surface area contributed by atoms with Gasteiger partial charge in [0.15, 0.2) is 0 Å². The molecule has 0 fully saturated rings. The lowest BCUT2D eigenvalue weighted by Crippen LogP contribution is -2.32. The molecule has 6 heteroatoms. The molecule has 0 unspecified atom stereocenters. The number of benzene rings is 1. The summed E-state index contributed by atoms with van der Waals surface area (Å²) in [7, 11) is 0. The fourth-order valence-electron chi connectivity index (χ4n) is 0.965. The second kappa shape index (κ2) is 7.98. The van der Waals surface area contributed by atoms with Crippen molar-refractivity contribution in [2.75, 3.05) is 12.4 Å². The van der Waals surface area contributed by atoms with Crippen LogP contribution >= 0.6 is 11.9 Å². The molecule has 16 heavy (non-hydrogen) atoms. The van der Waals surface area contributed by atoms with Crippen LogP contribution in [0.1, 0.15) is 5.56 Å². The van der Waals surface area contributed by atoms with Crippen molar-refractivity contribution in [3.63, 3.8) is 0 Å². The molecule has 0 saturated heterocycles. The zero-order valence-electron chi connectivity index (χ0n) is 8.80. The van der Waals surface area contributed by atoms with Crippen molar-refractivity contribution < 1.29 is 9.84 Å². The fraction of sp³-hybridized carbons (Fsp3) is 0.300. The molecular formula is C10H15N3O2S. The second-order valence-corrected chi connectivity index (χ2v) is 3.72. The second-order valence-electron chi connectivity index (χ2n) is 2.87. The highest BCUT2D eigenvalue weighted by Crippen LogP contribution is 2.04. The van der Waals surface area contributed by atoms with E-state index in [4.69, 9.17) is 15.7 Å². The van der Waals surface area contributed by atoms with Crippen LogP contribution in [0, 0.1) is 0 Å². The average molecular weight is 241 g/mol. The molecule has 0 radical (unpaired) electrons. The van der Waals surface area contributed by atoms with Crippen LogP contribution in [0.25, 0.3) is 0 Å². The number of hydrogen-bond acceptors (Lipinski definition) is 5. The Balaban J connectivity index is 2.36. The van der Waals surface area contributed by atoms with E-state index < -0.39 is 0 Å². The minimum Gasteiger partial charge on any atom is -0.459 e. The lowest BCUT2D eigenvalue weighted by molar-refractivity contribution is 0.278. The molecule has 0 saturated carbocycles. The van der Waals surface area contributed by atoms with Crippen LogP contribution in [-0.2, 0) is 11.3 Å². The monoisotopic (exact) mass is 241 g/mol. The summed E-state index contributed by atoms with van der Waals surface area (Å²) >= 11 is 1.19. The van der Waals surface area contributed by atoms with Gasteiger partial charge in [-0.25, -0.2) is 5.84 Å². The van der Waals surface area contributed by atoms with Gasteiger partial charge in [-0.3, -0.25) is 5.43 Å². The highest BCUT2D eigenvalue weighted by atomic mass is 32.2. The summed E-state index contributed by atoms with van der Waals surface area (Å²) in [5.41, 5.74) is 3.40. The topological polar surface area (TPSA) is 79.9 Å². The minimum atomic E-state index is 0.0741. The van der Waals surface area contributed by atoms with Gasteiger partial charge in [0.1, 0.15) is 6.61 Å². The Morgan fingerprint density at radius 2 is 2.19 bits per heavy atom. The molecule has 5 nitrogen and oxygen atoms in total. The molecule has 0 aliphatic carbocycles. The molecule has 0 bridgehead atoms. The summed E-state index contributed by atoms with van der Waals surface area (Å²) in [5.74, 6) is 5.75. The van der Waals surface area contributed by atoms with Crippen molar-refractivity contribution >= 4 is 18.0 Å². The van der Waals surface area contributed by atoms with E-state index in [0.29, 0.717) is 12.4 Å². The SMILES string of the molecule is NN/C(=N/SCCO)OCc1ccccc1. The highest BCUT2D eigenvalue weighted by molar-refractivity contribution is 7.98. The maximum atomic E-state index is 8.58. The Labute approximate surface area is 98.8 Å². The van der Waals surface area contributed by atoms with Gasteiger partial charge in [0.05, 0.1) is 6.61 Å². The number of rotatable bonds is 5. The first kappa shape index (κ1) is 12.8. The van der Waals surface area contributed by atoms with Crippen LogP contribution in [-0.4, -0.2) is 23.5 Å². The van der Waals surface area contributed by atoms with Crippen LogP contribution in [0.2, 0.25) is 0 Å². The average Bonchev–Trinajstić information content (AvgIpc) is 2.35. The summed E-state index contributed by atoms with van der Waals surface area (Å²) in [6, 6.07) is 9.97. The van der Waals surface area contributed by atoms with E-state index in [1.807, 2.05) is 30.3 Å². The zero-order chi connectivity index (χ0) is 11.6. The van der Waals surface area contributed by atoms with E-state index in [-0.39, 0.29) is 12.6 Å². The van der Waals surface area contributed by atoms with E-state index in [2.05, 4.69) is 9.82 Å². The number of nitrogens with zero attached hydrogens (tertiary/aromatic N) is 1. The molecule has 0 spiro atoms. The Morgan fingerprint density at radius 1 is 1.44 bits per heavy atom. The van der Waals surface area contributed by atoms with Gasteiger partial charge in [-0.2, -0.15) is 4.40 Å². The first-order valence-electron chi connectivity index (χ1n) is 4.81. The third-order valence-corrected chi connectivity index (χ3v) is 2.33. The van der Waals surface area contributed by atoms with E-state index in [1.54, 1.807) is 0 Å². The van der Waals surface area contributed by atoms with E-state index in [9.17, 15) is 0 Å². The Bertz CT molecular complexity index is 319. The van der Waals surface area contributed by atoms with E-state index >= 15 is 0 Å². The highest BCUT2D eigenvalue weighted by Gasteiger charge is 1.98. The lowest BCUT2D eigenvalue weighted by atomic mass is 10.2. The Kier molecular flexibility index (Phi) is 6.39. The number of amidine groups is 1. The summed E-state index contributed by atoms with van der Waals surface area (Å²) < 4.78 is 9.30. The maximum Gasteiger partial charge on any atom is 0.311 e. The Morgan fingerprint density at radius 3 is 2.81 bits per heavy atom. The summed E-state index contributed by atoms with van der Waals surface area (Å²) in [6.07, 6.45) is 0. The maximum absolute atomic E-state index is 8.58. The van der Waals surface area contributed by atoms with Crippen molar-refractivity contribution in [3.05, 3.63) is 35.9 Å². The standard InChI is InChI=1S/C10H15N3O2S/c11-12-10(13-16-7-6-14)15-8-9-4-2-1-3-5-9/h1-5,14H,6-8,11H2,(H,12,13).